The largest absolute Gasteiger partial charge is 0.507 e. The van der Waals surface area contributed by atoms with Crippen LogP contribution in [0.4, 0.5) is 0 Å². The molecule has 0 saturated heterocycles. The van der Waals surface area contributed by atoms with Crippen molar-refractivity contribution in [1.82, 2.24) is 0 Å². The topological polar surface area (TPSA) is 40.5 Å². The Morgan fingerprint density at radius 2 is 1.61 bits per heavy atom. The number of phenolic OH excluding ortho intramolecular Hbond substituents is 2. The third kappa shape index (κ3) is 2.79. The summed E-state index contributed by atoms with van der Waals surface area (Å²) in [5, 5.41) is 19.6. The summed E-state index contributed by atoms with van der Waals surface area (Å²) in [5.74, 6) is 0.234. The molecule has 0 aliphatic rings. The first kappa shape index (κ1) is 12.8. The summed E-state index contributed by atoms with van der Waals surface area (Å²) in [6, 6.07) is 12.9. The number of phenols is 2. The van der Waals surface area contributed by atoms with E-state index >= 15 is 0 Å². The maximum Gasteiger partial charge on any atom is 0.133 e. The lowest BCUT2D eigenvalue weighted by atomic mass is 10.1. The van der Waals surface area contributed by atoms with Crippen LogP contribution in [0.2, 0.25) is 0 Å². The molecule has 2 N–H and O–H groups in total. The minimum absolute atomic E-state index is 0.117. The molecule has 0 saturated carbocycles. The molecule has 2 aromatic rings. The number of benzene rings is 2. The highest BCUT2D eigenvalue weighted by Gasteiger charge is 2.10. The van der Waals surface area contributed by atoms with Crippen molar-refractivity contribution in [3.8, 4) is 11.5 Å². The van der Waals surface area contributed by atoms with Crippen LogP contribution in [-0.4, -0.2) is 10.2 Å². The summed E-state index contributed by atoms with van der Waals surface area (Å²) >= 11 is 1.41. The van der Waals surface area contributed by atoms with E-state index in [4.69, 9.17) is 0 Å². The minimum atomic E-state index is 0.117. The van der Waals surface area contributed by atoms with Crippen LogP contribution in [0.5, 0.6) is 11.5 Å². The Morgan fingerprint density at radius 1 is 0.944 bits per heavy atom. The summed E-state index contributed by atoms with van der Waals surface area (Å²) in [4.78, 5) is 1.59. The summed E-state index contributed by atoms with van der Waals surface area (Å²) in [7, 11) is 0. The zero-order valence-electron chi connectivity index (χ0n) is 10.3. The number of hydrogen-bond acceptors (Lipinski definition) is 3. The van der Waals surface area contributed by atoms with Gasteiger partial charge in [-0.2, -0.15) is 0 Å². The van der Waals surface area contributed by atoms with Gasteiger partial charge in [-0.1, -0.05) is 49.4 Å². The van der Waals surface area contributed by atoms with Crippen molar-refractivity contribution in [2.24, 2.45) is 0 Å². The molecule has 2 aromatic carbocycles. The van der Waals surface area contributed by atoms with Crippen LogP contribution < -0.4 is 0 Å². The predicted molar refractivity (Wildman–Crippen MR) is 74.3 cm³/mol. The molecule has 0 aromatic heterocycles. The van der Waals surface area contributed by atoms with E-state index in [1.165, 1.54) is 17.3 Å². The maximum atomic E-state index is 9.79. The Kier molecular flexibility index (Phi) is 4.15. The van der Waals surface area contributed by atoms with Gasteiger partial charge in [0.05, 0.1) is 4.90 Å². The standard InChI is InChI=1S/C15H16O2S/c1-2-6-11-7-3-4-10-14(11)18-15-12(16)8-5-9-13(15)17/h3-5,7-10,16-17H,2,6H2,1H3. The van der Waals surface area contributed by atoms with Gasteiger partial charge in [-0.05, 0) is 30.2 Å². The molecule has 0 bridgehead atoms. The molecule has 0 amide bonds. The van der Waals surface area contributed by atoms with Crippen LogP contribution in [0.25, 0.3) is 0 Å². The maximum absolute atomic E-state index is 9.79. The summed E-state index contributed by atoms with van der Waals surface area (Å²) in [5.41, 5.74) is 1.24. The fraction of sp³-hybridized carbons (Fsp3) is 0.200. The van der Waals surface area contributed by atoms with Gasteiger partial charge in [0.15, 0.2) is 0 Å². The molecule has 2 rings (SSSR count). The number of aromatic hydroxyl groups is 2. The van der Waals surface area contributed by atoms with Crippen molar-refractivity contribution in [3.05, 3.63) is 48.0 Å². The molecular formula is C15H16O2S. The lowest BCUT2D eigenvalue weighted by Gasteiger charge is -2.10. The molecule has 94 valence electrons. The molecule has 0 radical (unpaired) electrons. The molecule has 0 atom stereocenters. The van der Waals surface area contributed by atoms with Crippen molar-refractivity contribution >= 4 is 11.8 Å². The van der Waals surface area contributed by atoms with E-state index in [2.05, 4.69) is 13.0 Å². The SMILES string of the molecule is CCCc1ccccc1Sc1c(O)cccc1O. The van der Waals surface area contributed by atoms with E-state index < -0.39 is 0 Å². The summed E-state index contributed by atoms with van der Waals surface area (Å²) in [6.07, 6.45) is 2.07. The van der Waals surface area contributed by atoms with Gasteiger partial charge in [-0.3, -0.25) is 0 Å². The first-order valence-corrected chi connectivity index (χ1v) is 6.80. The van der Waals surface area contributed by atoms with Crippen molar-refractivity contribution in [3.63, 3.8) is 0 Å². The van der Waals surface area contributed by atoms with Crippen molar-refractivity contribution < 1.29 is 10.2 Å². The Balaban J connectivity index is 2.34. The Labute approximate surface area is 111 Å². The van der Waals surface area contributed by atoms with Crippen LogP contribution in [0.15, 0.2) is 52.3 Å². The van der Waals surface area contributed by atoms with Crippen LogP contribution in [0.1, 0.15) is 18.9 Å². The molecular weight excluding hydrogens is 244 g/mol. The van der Waals surface area contributed by atoms with Crippen LogP contribution in [0, 0.1) is 0 Å². The monoisotopic (exact) mass is 260 g/mol. The molecule has 0 heterocycles. The molecule has 0 fully saturated rings. The molecule has 2 nitrogen and oxygen atoms in total. The van der Waals surface area contributed by atoms with Gasteiger partial charge in [0, 0.05) is 4.90 Å². The van der Waals surface area contributed by atoms with Crippen LogP contribution in [-0.2, 0) is 6.42 Å². The van der Waals surface area contributed by atoms with E-state index in [1.54, 1.807) is 18.2 Å². The van der Waals surface area contributed by atoms with Gasteiger partial charge in [0.1, 0.15) is 11.5 Å². The normalized spacial score (nSPS) is 10.5. The second kappa shape index (κ2) is 5.83. The fourth-order valence-electron chi connectivity index (χ4n) is 1.81. The van der Waals surface area contributed by atoms with E-state index in [-0.39, 0.29) is 11.5 Å². The van der Waals surface area contributed by atoms with Crippen molar-refractivity contribution in [1.29, 1.82) is 0 Å². The smallest absolute Gasteiger partial charge is 0.133 e. The average molecular weight is 260 g/mol. The second-order valence-electron chi connectivity index (χ2n) is 4.09. The van der Waals surface area contributed by atoms with Gasteiger partial charge < -0.3 is 10.2 Å². The lowest BCUT2D eigenvalue weighted by Crippen LogP contribution is -1.87. The van der Waals surface area contributed by atoms with Gasteiger partial charge in [-0.25, -0.2) is 0 Å². The number of aryl methyl sites for hydroxylation is 1. The third-order valence-corrected chi connectivity index (χ3v) is 3.92. The minimum Gasteiger partial charge on any atom is -0.507 e. The van der Waals surface area contributed by atoms with Gasteiger partial charge in [0.25, 0.3) is 0 Å². The second-order valence-corrected chi connectivity index (χ2v) is 5.14. The zero-order valence-corrected chi connectivity index (χ0v) is 11.1. The third-order valence-electron chi connectivity index (χ3n) is 2.68. The molecule has 0 spiro atoms. The average Bonchev–Trinajstić information content (AvgIpc) is 2.36. The number of rotatable bonds is 4. The van der Waals surface area contributed by atoms with Gasteiger partial charge >= 0.3 is 0 Å². The van der Waals surface area contributed by atoms with E-state index in [1.807, 2.05) is 18.2 Å². The Hall–Kier alpha value is -1.61. The van der Waals surface area contributed by atoms with Gasteiger partial charge in [0.2, 0.25) is 0 Å². The first-order valence-electron chi connectivity index (χ1n) is 5.99. The van der Waals surface area contributed by atoms with E-state index in [9.17, 15) is 10.2 Å². The summed E-state index contributed by atoms with van der Waals surface area (Å²) in [6.45, 7) is 2.14. The van der Waals surface area contributed by atoms with E-state index in [0.717, 1.165) is 17.7 Å². The molecule has 0 aliphatic heterocycles. The molecule has 0 aliphatic carbocycles. The zero-order chi connectivity index (χ0) is 13.0. The fourth-order valence-corrected chi connectivity index (χ4v) is 2.82. The van der Waals surface area contributed by atoms with E-state index in [0.29, 0.717) is 4.90 Å². The first-order chi connectivity index (χ1) is 8.72. The van der Waals surface area contributed by atoms with Gasteiger partial charge in [-0.15, -0.1) is 0 Å². The molecule has 0 unspecified atom stereocenters. The van der Waals surface area contributed by atoms with Crippen LogP contribution >= 0.6 is 11.8 Å². The quantitative estimate of drug-likeness (QED) is 0.865. The highest BCUT2D eigenvalue weighted by atomic mass is 32.2. The van der Waals surface area contributed by atoms with Crippen molar-refractivity contribution in [2.45, 2.75) is 29.6 Å². The Morgan fingerprint density at radius 3 is 2.28 bits per heavy atom. The molecule has 3 heteroatoms. The number of hydrogen-bond donors (Lipinski definition) is 2. The Bertz CT molecular complexity index is 518. The van der Waals surface area contributed by atoms with Crippen LogP contribution in [0.3, 0.4) is 0 Å². The predicted octanol–water partition coefficient (Wildman–Crippen LogP) is 4.20. The highest BCUT2D eigenvalue weighted by molar-refractivity contribution is 7.99. The highest BCUT2D eigenvalue weighted by Crippen LogP contribution is 2.41. The van der Waals surface area contributed by atoms with Crippen molar-refractivity contribution in [2.75, 3.05) is 0 Å². The molecule has 18 heavy (non-hydrogen) atoms. The summed E-state index contributed by atoms with van der Waals surface area (Å²) < 4.78 is 0. The lowest BCUT2D eigenvalue weighted by molar-refractivity contribution is 0.428.